The molecule has 0 atom stereocenters. The highest BCUT2D eigenvalue weighted by atomic mass is 32.1. The van der Waals surface area contributed by atoms with E-state index in [1.54, 1.807) is 12.3 Å². The van der Waals surface area contributed by atoms with E-state index in [1.165, 1.54) is 6.07 Å². The van der Waals surface area contributed by atoms with Gasteiger partial charge in [-0.15, -0.1) is 11.3 Å². The minimum Gasteiger partial charge on any atom is -0.337 e. The van der Waals surface area contributed by atoms with Crippen LogP contribution >= 0.6 is 11.3 Å². The molecule has 34 heavy (non-hydrogen) atoms. The molecule has 6 rings (SSSR count). The zero-order valence-corrected chi connectivity index (χ0v) is 19.3. The van der Waals surface area contributed by atoms with E-state index in [0.29, 0.717) is 11.5 Å². The first kappa shape index (κ1) is 20.6. The molecular weight excluding hydrogens is 449 g/mol. The lowest BCUT2D eigenvalue weighted by Crippen LogP contribution is -2.10. The Bertz CT molecular complexity index is 1650. The number of nitrogens with one attached hydrogen (secondary N) is 2. The fourth-order valence-corrected chi connectivity index (χ4v) is 4.89. The highest BCUT2D eigenvalue weighted by Gasteiger charge is 2.17. The van der Waals surface area contributed by atoms with Gasteiger partial charge in [-0.05, 0) is 50.0 Å². The number of H-pyrrole nitrogens is 2. The zero-order valence-electron chi connectivity index (χ0n) is 18.5. The number of aromatic amines is 2. The van der Waals surface area contributed by atoms with Crippen LogP contribution in [-0.4, -0.2) is 49.1 Å². The molecule has 9 heteroatoms. The molecule has 0 fully saturated rings. The SMILES string of the molecule is CN(C)Cc1cncc(-c2cc3c(-c4nc5c(-c6ccc(F)s6)cccc5[nH]4)n[nH]c3cn2)c1. The van der Waals surface area contributed by atoms with Gasteiger partial charge in [0.15, 0.2) is 11.0 Å². The molecule has 0 bridgehead atoms. The van der Waals surface area contributed by atoms with E-state index >= 15 is 0 Å². The summed E-state index contributed by atoms with van der Waals surface area (Å²) in [5.41, 5.74) is 6.94. The number of nitrogens with zero attached hydrogens (tertiary/aromatic N) is 5. The van der Waals surface area contributed by atoms with Gasteiger partial charge in [-0.25, -0.2) is 4.98 Å². The van der Waals surface area contributed by atoms with E-state index in [-0.39, 0.29) is 5.13 Å². The number of fused-ring (bicyclic) bond motifs is 2. The van der Waals surface area contributed by atoms with Crippen molar-refractivity contribution in [3.63, 3.8) is 0 Å². The molecule has 0 saturated carbocycles. The number of aromatic nitrogens is 6. The van der Waals surface area contributed by atoms with Crippen LogP contribution in [0.1, 0.15) is 5.56 Å². The fourth-order valence-electron chi connectivity index (χ4n) is 4.14. The molecule has 6 aromatic rings. The van der Waals surface area contributed by atoms with Gasteiger partial charge < -0.3 is 9.88 Å². The maximum absolute atomic E-state index is 13.6. The third-order valence-electron chi connectivity index (χ3n) is 5.61. The number of hydrogen-bond donors (Lipinski definition) is 2. The van der Waals surface area contributed by atoms with Crippen LogP contribution in [0.4, 0.5) is 4.39 Å². The van der Waals surface area contributed by atoms with Gasteiger partial charge in [0.2, 0.25) is 0 Å². The summed E-state index contributed by atoms with van der Waals surface area (Å²) in [5.74, 6) is 0.641. The van der Waals surface area contributed by atoms with Crippen LogP contribution in [0.5, 0.6) is 0 Å². The number of benzene rings is 1. The first-order valence-electron chi connectivity index (χ1n) is 10.7. The van der Waals surface area contributed by atoms with E-state index in [1.807, 2.05) is 50.8 Å². The standard InChI is InChI=1S/C25H20FN7S/c1-33(2)13-14-8-15(11-27-10-14)19-9-17-20(12-28-19)31-32-24(17)25-29-18-5-3-4-16(23(18)30-25)21-6-7-22(26)34-21/h3-12H,13H2,1-2H3,(H,29,30)(H,31,32). The summed E-state index contributed by atoms with van der Waals surface area (Å²) in [5, 5.41) is 8.27. The van der Waals surface area contributed by atoms with Gasteiger partial charge in [-0.2, -0.15) is 9.49 Å². The molecule has 7 nitrogen and oxygen atoms in total. The number of thiophene rings is 1. The smallest absolute Gasteiger partial charge is 0.176 e. The minimum absolute atomic E-state index is 0.217. The van der Waals surface area contributed by atoms with Gasteiger partial charge in [0.1, 0.15) is 5.69 Å². The first-order chi connectivity index (χ1) is 16.5. The second-order valence-corrected chi connectivity index (χ2v) is 9.43. The van der Waals surface area contributed by atoms with Gasteiger partial charge >= 0.3 is 0 Å². The van der Waals surface area contributed by atoms with E-state index in [0.717, 1.165) is 67.1 Å². The van der Waals surface area contributed by atoms with Gasteiger partial charge in [-0.1, -0.05) is 12.1 Å². The highest BCUT2D eigenvalue weighted by Crippen LogP contribution is 2.35. The average molecular weight is 470 g/mol. The number of para-hydroxylation sites is 1. The molecule has 1 aromatic carbocycles. The summed E-state index contributed by atoms with van der Waals surface area (Å²) in [4.78, 5) is 20.2. The normalized spacial score (nSPS) is 11.8. The molecule has 0 spiro atoms. The van der Waals surface area contributed by atoms with Crippen LogP contribution < -0.4 is 0 Å². The molecule has 0 aliphatic rings. The molecule has 0 amide bonds. The van der Waals surface area contributed by atoms with E-state index in [9.17, 15) is 4.39 Å². The second-order valence-electron chi connectivity index (χ2n) is 8.40. The van der Waals surface area contributed by atoms with Gasteiger partial charge in [-0.3, -0.25) is 15.1 Å². The molecule has 0 aliphatic carbocycles. The summed E-state index contributed by atoms with van der Waals surface area (Å²) in [6.45, 7) is 0.801. The second kappa shape index (κ2) is 8.12. The van der Waals surface area contributed by atoms with Crippen molar-refractivity contribution >= 4 is 33.3 Å². The third-order valence-corrected chi connectivity index (χ3v) is 6.52. The first-order valence-corrected chi connectivity index (χ1v) is 11.5. The van der Waals surface area contributed by atoms with Crippen LogP contribution in [0.2, 0.25) is 0 Å². The lowest BCUT2D eigenvalue weighted by molar-refractivity contribution is 0.402. The largest absolute Gasteiger partial charge is 0.337 e. The minimum atomic E-state index is -0.217. The molecule has 2 N–H and O–H groups in total. The summed E-state index contributed by atoms with van der Waals surface area (Å²) in [6.07, 6.45) is 5.47. The van der Waals surface area contributed by atoms with E-state index in [2.05, 4.69) is 36.1 Å². The van der Waals surface area contributed by atoms with Crippen molar-refractivity contribution in [3.05, 3.63) is 71.7 Å². The predicted octanol–water partition coefficient (Wildman–Crippen LogP) is 5.49. The molecule has 0 saturated heterocycles. The average Bonchev–Trinajstić information content (AvgIpc) is 3.55. The number of halogens is 1. The van der Waals surface area contributed by atoms with Crippen LogP contribution in [0.3, 0.4) is 0 Å². The summed E-state index contributed by atoms with van der Waals surface area (Å²) in [6, 6.07) is 13.2. The van der Waals surface area contributed by atoms with Gasteiger partial charge in [0.25, 0.3) is 0 Å². The molecule has 0 radical (unpaired) electrons. The van der Waals surface area contributed by atoms with Crippen molar-refractivity contribution in [1.82, 2.24) is 35.0 Å². The Labute approximate surface area is 198 Å². The number of pyridine rings is 2. The van der Waals surface area contributed by atoms with Crippen LogP contribution in [0.25, 0.3) is 55.2 Å². The number of hydrogen-bond acceptors (Lipinski definition) is 6. The summed E-state index contributed by atoms with van der Waals surface area (Å²) in [7, 11) is 4.06. The molecule has 0 unspecified atom stereocenters. The van der Waals surface area contributed by atoms with Crippen molar-refractivity contribution in [2.75, 3.05) is 14.1 Å². The van der Waals surface area contributed by atoms with Crippen molar-refractivity contribution in [2.24, 2.45) is 0 Å². The van der Waals surface area contributed by atoms with Crippen molar-refractivity contribution in [3.8, 4) is 33.2 Å². The Kier molecular flexibility index (Phi) is 4.93. The molecule has 0 aliphatic heterocycles. The van der Waals surface area contributed by atoms with Crippen molar-refractivity contribution < 1.29 is 4.39 Å². The predicted molar refractivity (Wildman–Crippen MR) is 133 cm³/mol. The lowest BCUT2D eigenvalue weighted by atomic mass is 10.1. The monoisotopic (exact) mass is 469 g/mol. The number of imidazole rings is 1. The lowest BCUT2D eigenvalue weighted by Gasteiger charge is -2.10. The molecule has 5 heterocycles. The van der Waals surface area contributed by atoms with Gasteiger partial charge in [0, 0.05) is 40.3 Å². The Morgan fingerprint density at radius 1 is 1.03 bits per heavy atom. The van der Waals surface area contributed by atoms with Crippen LogP contribution in [-0.2, 0) is 6.54 Å². The Morgan fingerprint density at radius 3 is 2.76 bits per heavy atom. The molecular formula is C25H20FN7S. The molecule has 168 valence electrons. The maximum atomic E-state index is 13.6. The van der Waals surface area contributed by atoms with Gasteiger partial charge in [0.05, 0.1) is 28.4 Å². The maximum Gasteiger partial charge on any atom is 0.176 e. The third kappa shape index (κ3) is 3.64. The summed E-state index contributed by atoms with van der Waals surface area (Å²) >= 11 is 1.11. The quantitative estimate of drug-likeness (QED) is 0.349. The van der Waals surface area contributed by atoms with E-state index < -0.39 is 0 Å². The van der Waals surface area contributed by atoms with Crippen molar-refractivity contribution in [2.45, 2.75) is 6.54 Å². The Hall–Kier alpha value is -3.95. The van der Waals surface area contributed by atoms with Crippen LogP contribution in [0, 0.1) is 5.13 Å². The van der Waals surface area contributed by atoms with E-state index in [4.69, 9.17) is 4.98 Å². The van der Waals surface area contributed by atoms with Crippen molar-refractivity contribution in [1.29, 1.82) is 0 Å². The highest BCUT2D eigenvalue weighted by molar-refractivity contribution is 7.14. The Balaban J connectivity index is 1.45. The zero-order chi connectivity index (χ0) is 23.2. The summed E-state index contributed by atoms with van der Waals surface area (Å²) < 4.78 is 13.6. The Morgan fingerprint density at radius 2 is 1.94 bits per heavy atom. The molecule has 5 aromatic heterocycles. The fraction of sp³-hybridized carbons (Fsp3) is 0.120. The van der Waals surface area contributed by atoms with Crippen LogP contribution in [0.15, 0.2) is 61.1 Å². The topological polar surface area (TPSA) is 86.4 Å². The number of rotatable bonds is 5.